The molecular weight excluding hydrogens is 354 g/mol. The number of pyridine rings is 1. The van der Waals surface area contributed by atoms with Crippen LogP contribution in [0.25, 0.3) is 11.4 Å². The molecule has 26 heavy (non-hydrogen) atoms. The molecule has 134 valence electrons. The lowest BCUT2D eigenvalue weighted by Crippen LogP contribution is -2.12. The van der Waals surface area contributed by atoms with Gasteiger partial charge in [0.1, 0.15) is 0 Å². The largest absolute Gasteiger partial charge is 0.449 e. The molecule has 0 N–H and O–H groups in total. The zero-order valence-electron chi connectivity index (χ0n) is 14.3. The molecule has 3 aromatic rings. The summed E-state index contributed by atoms with van der Waals surface area (Å²) in [7, 11) is -1.26. The van der Waals surface area contributed by atoms with E-state index in [4.69, 9.17) is 9.26 Å². The molecule has 2 aromatic heterocycles. The third kappa shape index (κ3) is 3.85. The Morgan fingerprint density at radius 1 is 1.27 bits per heavy atom. The lowest BCUT2D eigenvalue weighted by Gasteiger charge is -2.11. The number of carbonyl (C=O) groups is 1. The normalized spacial score (nSPS) is 13.2. The molecule has 0 spiro atoms. The molecule has 7 nitrogen and oxygen atoms in total. The van der Waals surface area contributed by atoms with Crippen molar-refractivity contribution in [2.75, 3.05) is 5.75 Å². The highest BCUT2D eigenvalue weighted by Crippen LogP contribution is 2.22. The molecule has 3 rings (SSSR count). The van der Waals surface area contributed by atoms with Gasteiger partial charge in [-0.05, 0) is 31.2 Å². The quantitative estimate of drug-likeness (QED) is 0.614. The van der Waals surface area contributed by atoms with E-state index in [0.29, 0.717) is 22.0 Å². The summed E-state index contributed by atoms with van der Waals surface area (Å²) < 4.78 is 22.7. The summed E-state index contributed by atoms with van der Waals surface area (Å²) in [6, 6.07) is 10.3. The molecule has 0 aliphatic rings. The van der Waals surface area contributed by atoms with Crippen LogP contribution < -0.4 is 0 Å². The van der Waals surface area contributed by atoms with Crippen LogP contribution in [-0.2, 0) is 15.5 Å². The molecule has 0 radical (unpaired) electrons. The van der Waals surface area contributed by atoms with Crippen molar-refractivity contribution in [2.45, 2.75) is 24.8 Å². The fourth-order valence-electron chi connectivity index (χ4n) is 2.28. The van der Waals surface area contributed by atoms with Gasteiger partial charge in [-0.25, -0.2) is 4.79 Å². The Bertz CT molecular complexity index is 927. The van der Waals surface area contributed by atoms with E-state index in [2.05, 4.69) is 15.1 Å². The minimum absolute atomic E-state index is 0.172. The molecule has 0 saturated heterocycles. The topological polar surface area (TPSA) is 95.2 Å². The van der Waals surface area contributed by atoms with Crippen molar-refractivity contribution >= 4 is 16.8 Å². The molecule has 0 aliphatic carbocycles. The van der Waals surface area contributed by atoms with Crippen molar-refractivity contribution in [1.82, 2.24) is 15.1 Å². The van der Waals surface area contributed by atoms with Gasteiger partial charge >= 0.3 is 5.97 Å². The molecular formula is C18H17N3O4S. The average molecular weight is 371 g/mol. The van der Waals surface area contributed by atoms with Crippen LogP contribution in [0.5, 0.6) is 0 Å². The first-order chi connectivity index (χ1) is 12.6. The Labute approximate surface area is 152 Å². The molecule has 2 heterocycles. The molecule has 0 saturated carbocycles. The number of esters is 1. The minimum atomic E-state index is -1.26. The number of nitrogens with zero attached hydrogens (tertiary/aromatic N) is 3. The van der Waals surface area contributed by atoms with Crippen molar-refractivity contribution < 1.29 is 18.3 Å². The third-order valence-electron chi connectivity index (χ3n) is 3.61. The Balaban J connectivity index is 1.77. The van der Waals surface area contributed by atoms with E-state index in [-0.39, 0.29) is 11.5 Å². The molecule has 2 unspecified atom stereocenters. The second kappa shape index (κ2) is 8.01. The predicted octanol–water partition coefficient (Wildman–Crippen LogP) is 3.18. The van der Waals surface area contributed by atoms with Gasteiger partial charge in [0.05, 0.1) is 21.3 Å². The number of ether oxygens (including phenoxy) is 1. The molecule has 0 aliphatic heterocycles. The predicted molar refractivity (Wildman–Crippen MR) is 94.8 cm³/mol. The van der Waals surface area contributed by atoms with Crippen LogP contribution in [0.1, 0.15) is 36.2 Å². The van der Waals surface area contributed by atoms with E-state index < -0.39 is 22.9 Å². The summed E-state index contributed by atoms with van der Waals surface area (Å²) in [6.45, 7) is 3.43. The summed E-state index contributed by atoms with van der Waals surface area (Å²) in [5.74, 6) is 0.364. The minimum Gasteiger partial charge on any atom is -0.449 e. The number of hydrogen-bond acceptors (Lipinski definition) is 7. The highest BCUT2D eigenvalue weighted by atomic mass is 32.2. The SMILES string of the molecule is CCS(=O)c1ccccc1C(=O)OC(C)c1nc(-c2cccnc2)no1. The van der Waals surface area contributed by atoms with Gasteiger partial charge in [-0.1, -0.05) is 24.2 Å². The second-order valence-electron chi connectivity index (χ2n) is 5.38. The van der Waals surface area contributed by atoms with Crippen LogP contribution in [0.15, 0.2) is 58.2 Å². The smallest absolute Gasteiger partial charge is 0.340 e. The fraction of sp³-hybridized carbons (Fsp3) is 0.222. The highest BCUT2D eigenvalue weighted by molar-refractivity contribution is 7.85. The number of carbonyl (C=O) groups excluding carboxylic acids is 1. The van der Waals surface area contributed by atoms with Gasteiger partial charge in [0.25, 0.3) is 5.89 Å². The third-order valence-corrected chi connectivity index (χ3v) is 4.98. The van der Waals surface area contributed by atoms with E-state index in [0.717, 1.165) is 0 Å². The zero-order valence-corrected chi connectivity index (χ0v) is 15.1. The first-order valence-electron chi connectivity index (χ1n) is 8.02. The molecule has 1 aromatic carbocycles. The monoisotopic (exact) mass is 371 g/mol. The van der Waals surface area contributed by atoms with Crippen LogP contribution in [0.4, 0.5) is 0 Å². The Morgan fingerprint density at radius 3 is 2.81 bits per heavy atom. The Kier molecular flexibility index (Phi) is 5.52. The fourth-order valence-corrected chi connectivity index (χ4v) is 3.21. The van der Waals surface area contributed by atoms with Gasteiger partial charge in [0, 0.05) is 23.7 Å². The van der Waals surface area contributed by atoms with E-state index in [1.165, 1.54) is 0 Å². The lowest BCUT2D eigenvalue weighted by atomic mass is 10.2. The molecule has 8 heteroatoms. The van der Waals surface area contributed by atoms with Gasteiger partial charge < -0.3 is 9.26 Å². The van der Waals surface area contributed by atoms with E-state index in [1.807, 2.05) is 0 Å². The maximum atomic E-state index is 12.5. The maximum absolute atomic E-state index is 12.5. The number of hydrogen-bond donors (Lipinski definition) is 0. The van der Waals surface area contributed by atoms with Crippen LogP contribution in [0, 0.1) is 0 Å². The molecule has 2 atom stereocenters. The van der Waals surface area contributed by atoms with Gasteiger partial charge in [-0.15, -0.1) is 0 Å². The van der Waals surface area contributed by atoms with Crippen LogP contribution in [0.3, 0.4) is 0 Å². The lowest BCUT2D eigenvalue weighted by molar-refractivity contribution is 0.0261. The van der Waals surface area contributed by atoms with Crippen molar-refractivity contribution in [2.24, 2.45) is 0 Å². The number of rotatable bonds is 6. The number of benzene rings is 1. The standard InChI is InChI=1S/C18H17N3O4S/c1-3-26(23)15-9-5-4-8-14(15)18(22)24-12(2)17-20-16(21-25-17)13-7-6-10-19-11-13/h4-12H,3H2,1-2H3. The maximum Gasteiger partial charge on any atom is 0.340 e. The Hall–Kier alpha value is -2.87. The van der Waals surface area contributed by atoms with Gasteiger partial charge in [0.15, 0.2) is 6.10 Å². The van der Waals surface area contributed by atoms with Crippen LogP contribution in [-0.4, -0.2) is 31.1 Å². The number of aromatic nitrogens is 3. The zero-order chi connectivity index (χ0) is 18.5. The summed E-state index contributed by atoms with van der Waals surface area (Å²) in [4.78, 5) is 21.2. The highest BCUT2D eigenvalue weighted by Gasteiger charge is 2.22. The van der Waals surface area contributed by atoms with E-state index in [1.54, 1.807) is 62.6 Å². The van der Waals surface area contributed by atoms with Gasteiger partial charge in [0.2, 0.25) is 5.82 Å². The molecule has 0 amide bonds. The van der Waals surface area contributed by atoms with Crippen molar-refractivity contribution in [3.63, 3.8) is 0 Å². The van der Waals surface area contributed by atoms with E-state index in [9.17, 15) is 9.00 Å². The summed E-state index contributed by atoms with van der Waals surface area (Å²) >= 11 is 0. The summed E-state index contributed by atoms with van der Waals surface area (Å²) in [5.41, 5.74) is 0.969. The summed E-state index contributed by atoms with van der Waals surface area (Å²) in [6.07, 6.45) is 2.51. The second-order valence-corrected chi connectivity index (χ2v) is 7.08. The van der Waals surface area contributed by atoms with Crippen LogP contribution in [0.2, 0.25) is 0 Å². The molecule has 0 fully saturated rings. The first-order valence-corrected chi connectivity index (χ1v) is 9.34. The van der Waals surface area contributed by atoms with Gasteiger partial charge in [-0.3, -0.25) is 9.19 Å². The first kappa shape index (κ1) is 17.9. The van der Waals surface area contributed by atoms with Crippen LogP contribution >= 0.6 is 0 Å². The summed E-state index contributed by atoms with van der Waals surface area (Å²) in [5, 5.41) is 3.88. The van der Waals surface area contributed by atoms with Crippen molar-refractivity contribution in [1.29, 1.82) is 0 Å². The van der Waals surface area contributed by atoms with Gasteiger partial charge in [-0.2, -0.15) is 4.98 Å². The van der Waals surface area contributed by atoms with E-state index >= 15 is 0 Å². The average Bonchev–Trinajstić information content (AvgIpc) is 3.18. The molecule has 0 bridgehead atoms. The van der Waals surface area contributed by atoms with Crippen molar-refractivity contribution in [3.8, 4) is 11.4 Å². The Morgan fingerprint density at radius 2 is 2.08 bits per heavy atom. The van der Waals surface area contributed by atoms with Crippen molar-refractivity contribution in [3.05, 3.63) is 60.2 Å².